The van der Waals surface area contributed by atoms with E-state index in [9.17, 15) is 4.79 Å². The first-order valence-corrected chi connectivity index (χ1v) is 5.02. The van der Waals surface area contributed by atoms with Crippen LogP contribution in [0.5, 0.6) is 0 Å². The van der Waals surface area contributed by atoms with Gasteiger partial charge in [0.15, 0.2) is 5.78 Å². The molecule has 1 atom stereocenters. The van der Waals surface area contributed by atoms with Gasteiger partial charge >= 0.3 is 0 Å². The number of carbonyl (C=O) groups excluding carboxylic acids is 1. The summed E-state index contributed by atoms with van der Waals surface area (Å²) >= 11 is 0. The van der Waals surface area contributed by atoms with Crippen molar-refractivity contribution in [2.45, 2.75) is 45.4 Å². The van der Waals surface area contributed by atoms with Gasteiger partial charge in [0.05, 0.1) is 0 Å². The van der Waals surface area contributed by atoms with Crippen LogP contribution in [-0.2, 0) is 4.79 Å². The first-order chi connectivity index (χ1) is 5.79. The minimum absolute atomic E-state index is 0.414. The summed E-state index contributed by atoms with van der Waals surface area (Å²) < 4.78 is 0. The van der Waals surface area contributed by atoms with Crippen molar-refractivity contribution in [2.75, 3.05) is 0 Å². The Morgan fingerprint density at radius 3 is 2.92 bits per heavy atom. The molecule has 0 aromatic heterocycles. The normalized spacial score (nSPS) is 30.4. The SMILES string of the molecule is CC1=C2CCCCCC2CC1=O. The molecule has 12 heavy (non-hydrogen) atoms. The highest BCUT2D eigenvalue weighted by atomic mass is 16.1. The zero-order valence-corrected chi connectivity index (χ0v) is 7.73. The third kappa shape index (κ3) is 1.21. The number of allylic oxidation sites excluding steroid dienone is 2. The predicted molar refractivity (Wildman–Crippen MR) is 48.9 cm³/mol. The Labute approximate surface area is 73.8 Å². The molecule has 2 aliphatic rings. The van der Waals surface area contributed by atoms with Crippen LogP contribution in [0, 0.1) is 5.92 Å². The Morgan fingerprint density at radius 1 is 1.25 bits per heavy atom. The molecule has 0 aromatic carbocycles. The van der Waals surface area contributed by atoms with Crippen LogP contribution >= 0.6 is 0 Å². The Hall–Kier alpha value is -0.590. The fourth-order valence-electron chi connectivity index (χ4n) is 2.54. The molecule has 2 rings (SSSR count). The van der Waals surface area contributed by atoms with E-state index in [-0.39, 0.29) is 0 Å². The molecular weight excluding hydrogens is 148 g/mol. The average Bonchev–Trinajstić information content (AvgIpc) is 2.30. The van der Waals surface area contributed by atoms with Crippen molar-refractivity contribution in [1.29, 1.82) is 0 Å². The number of hydrogen-bond donors (Lipinski definition) is 0. The molecule has 0 aliphatic heterocycles. The van der Waals surface area contributed by atoms with E-state index in [1.165, 1.54) is 37.7 Å². The van der Waals surface area contributed by atoms with Gasteiger partial charge in [-0.25, -0.2) is 0 Å². The molecule has 0 aromatic rings. The van der Waals surface area contributed by atoms with E-state index >= 15 is 0 Å². The van der Waals surface area contributed by atoms with Crippen LogP contribution in [0.4, 0.5) is 0 Å². The van der Waals surface area contributed by atoms with Crippen molar-refractivity contribution in [3.63, 3.8) is 0 Å². The lowest BCUT2D eigenvalue weighted by Gasteiger charge is -2.08. The maximum Gasteiger partial charge on any atom is 0.159 e. The van der Waals surface area contributed by atoms with Crippen LogP contribution < -0.4 is 0 Å². The highest BCUT2D eigenvalue weighted by Crippen LogP contribution is 2.38. The molecule has 0 amide bonds. The molecule has 0 radical (unpaired) electrons. The largest absolute Gasteiger partial charge is 0.295 e. The van der Waals surface area contributed by atoms with Crippen molar-refractivity contribution < 1.29 is 4.79 Å². The Morgan fingerprint density at radius 2 is 2.08 bits per heavy atom. The molecule has 2 aliphatic carbocycles. The molecule has 0 N–H and O–H groups in total. The molecule has 1 fully saturated rings. The summed E-state index contributed by atoms with van der Waals surface area (Å²) in [7, 11) is 0. The zero-order valence-electron chi connectivity index (χ0n) is 7.73. The minimum atomic E-state index is 0.414. The summed E-state index contributed by atoms with van der Waals surface area (Å²) in [6, 6.07) is 0. The number of Topliss-reactive ketones (excluding diaryl/α,β-unsaturated/α-hetero) is 1. The van der Waals surface area contributed by atoms with Crippen LogP contribution in [0.15, 0.2) is 11.1 Å². The Bertz CT molecular complexity index is 237. The van der Waals surface area contributed by atoms with Gasteiger partial charge in [0.1, 0.15) is 0 Å². The quantitative estimate of drug-likeness (QED) is 0.538. The van der Waals surface area contributed by atoms with Gasteiger partial charge in [0.25, 0.3) is 0 Å². The van der Waals surface area contributed by atoms with Gasteiger partial charge < -0.3 is 0 Å². The summed E-state index contributed by atoms with van der Waals surface area (Å²) in [5, 5.41) is 0. The molecular formula is C11H16O. The van der Waals surface area contributed by atoms with Gasteiger partial charge in [0.2, 0.25) is 0 Å². The Kier molecular flexibility index (Phi) is 2.03. The number of carbonyl (C=O) groups is 1. The van der Waals surface area contributed by atoms with Gasteiger partial charge in [-0.15, -0.1) is 0 Å². The lowest BCUT2D eigenvalue weighted by Crippen LogP contribution is -1.98. The smallest absolute Gasteiger partial charge is 0.159 e. The highest BCUT2D eigenvalue weighted by Gasteiger charge is 2.29. The predicted octanol–water partition coefficient (Wildman–Crippen LogP) is 2.86. The number of rotatable bonds is 0. The topological polar surface area (TPSA) is 17.1 Å². The fourth-order valence-corrected chi connectivity index (χ4v) is 2.54. The molecule has 0 bridgehead atoms. The second-order valence-corrected chi connectivity index (χ2v) is 4.07. The molecule has 0 heterocycles. The lowest BCUT2D eigenvalue weighted by molar-refractivity contribution is -0.115. The number of ketones is 1. The molecule has 1 heteroatoms. The van der Waals surface area contributed by atoms with Crippen LogP contribution in [-0.4, -0.2) is 5.78 Å². The highest BCUT2D eigenvalue weighted by molar-refractivity contribution is 5.98. The van der Waals surface area contributed by atoms with Crippen LogP contribution in [0.2, 0.25) is 0 Å². The van der Waals surface area contributed by atoms with Crippen molar-refractivity contribution in [3.8, 4) is 0 Å². The molecule has 1 unspecified atom stereocenters. The zero-order chi connectivity index (χ0) is 8.55. The average molecular weight is 164 g/mol. The van der Waals surface area contributed by atoms with E-state index in [4.69, 9.17) is 0 Å². The van der Waals surface area contributed by atoms with Gasteiger partial charge in [-0.05, 0) is 37.7 Å². The molecule has 1 nitrogen and oxygen atoms in total. The molecule has 66 valence electrons. The third-order valence-corrected chi connectivity index (χ3v) is 3.32. The first kappa shape index (κ1) is 8.03. The van der Waals surface area contributed by atoms with Gasteiger partial charge in [-0.2, -0.15) is 0 Å². The van der Waals surface area contributed by atoms with Crippen molar-refractivity contribution in [1.82, 2.24) is 0 Å². The van der Waals surface area contributed by atoms with Crippen molar-refractivity contribution in [2.24, 2.45) is 5.92 Å². The number of fused-ring (bicyclic) bond motifs is 1. The third-order valence-electron chi connectivity index (χ3n) is 3.32. The Balaban J connectivity index is 2.25. The second-order valence-electron chi connectivity index (χ2n) is 4.07. The van der Waals surface area contributed by atoms with E-state index in [0.29, 0.717) is 11.7 Å². The van der Waals surface area contributed by atoms with Crippen molar-refractivity contribution >= 4 is 5.78 Å². The van der Waals surface area contributed by atoms with Crippen LogP contribution in [0.3, 0.4) is 0 Å². The van der Waals surface area contributed by atoms with Gasteiger partial charge in [-0.3, -0.25) is 4.79 Å². The maximum absolute atomic E-state index is 11.4. The van der Waals surface area contributed by atoms with E-state index < -0.39 is 0 Å². The maximum atomic E-state index is 11.4. The monoisotopic (exact) mass is 164 g/mol. The summed E-state index contributed by atoms with van der Waals surface area (Å²) in [4.78, 5) is 11.4. The minimum Gasteiger partial charge on any atom is -0.295 e. The number of hydrogen-bond acceptors (Lipinski definition) is 1. The van der Waals surface area contributed by atoms with E-state index in [2.05, 4.69) is 0 Å². The van der Waals surface area contributed by atoms with E-state index in [1.54, 1.807) is 0 Å². The van der Waals surface area contributed by atoms with Gasteiger partial charge in [0, 0.05) is 6.42 Å². The summed E-state index contributed by atoms with van der Waals surface area (Å²) in [6.45, 7) is 2.02. The lowest BCUT2D eigenvalue weighted by atomic mass is 9.96. The van der Waals surface area contributed by atoms with E-state index in [1.807, 2.05) is 6.92 Å². The molecule has 0 saturated heterocycles. The molecule has 1 saturated carbocycles. The van der Waals surface area contributed by atoms with E-state index in [0.717, 1.165) is 12.0 Å². The summed E-state index contributed by atoms with van der Waals surface area (Å²) in [6.07, 6.45) is 7.27. The second kappa shape index (κ2) is 3.04. The standard InChI is InChI=1S/C11H16O/c1-8-10-6-4-2-3-5-9(10)7-11(8)12/h9H,2-7H2,1H3. The summed E-state index contributed by atoms with van der Waals surface area (Å²) in [5.41, 5.74) is 2.60. The summed E-state index contributed by atoms with van der Waals surface area (Å²) in [5.74, 6) is 1.05. The van der Waals surface area contributed by atoms with Crippen LogP contribution in [0.25, 0.3) is 0 Å². The van der Waals surface area contributed by atoms with Crippen LogP contribution in [0.1, 0.15) is 45.4 Å². The van der Waals surface area contributed by atoms with Gasteiger partial charge in [-0.1, -0.05) is 18.4 Å². The fraction of sp³-hybridized carbons (Fsp3) is 0.727. The van der Waals surface area contributed by atoms with Crippen molar-refractivity contribution in [3.05, 3.63) is 11.1 Å². The first-order valence-electron chi connectivity index (χ1n) is 5.02. The molecule has 0 spiro atoms.